The molecule has 0 spiro atoms. The Balaban J connectivity index is 0. The second kappa shape index (κ2) is 5.24. The molecule has 0 aromatic heterocycles. The van der Waals surface area contributed by atoms with Gasteiger partial charge in [0.25, 0.3) is 0 Å². The van der Waals surface area contributed by atoms with Crippen LogP contribution in [0.1, 0.15) is 0 Å². The molecule has 0 atom stereocenters. The van der Waals surface area contributed by atoms with Crippen molar-refractivity contribution >= 4 is 89.9 Å². The normalized spacial score (nSPS) is 12.7. The summed E-state index contributed by atoms with van der Waals surface area (Å²) in [5.74, 6) is 0. The summed E-state index contributed by atoms with van der Waals surface area (Å²) in [5, 5.41) is 0. The van der Waals surface area contributed by atoms with E-state index in [1.165, 1.54) is 0 Å². The second-order valence-corrected chi connectivity index (χ2v) is 22.3. The van der Waals surface area contributed by atoms with Gasteiger partial charge in [-0.1, -0.05) is 0 Å². The van der Waals surface area contributed by atoms with Crippen LogP contribution in [0, 0.1) is 0 Å². The molecule has 0 amide bonds. The molecule has 0 heterocycles. The molecule has 0 aliphatic carbocycles. The zero-order valence-electron chi connectivity index (χ0n) is 2.87. The summed E-state index contributed by atoms with van der Waals surface area (Å²) in [6, 6.07) is 0. The SMILES string of the molecule is [Cl][Os]([Cl])([Cl])[Cl].[K]. The van der Waals surface area contributed by atoms with E-state index in [2.05, 4.69) is 0 Å². The van der Waals surface area contributed by atoms with Crippen LogP contribution in [0.3, 0.4) is 0 Å². The van der Waals surface area contributed by atoms with Crippen molar-refractivity contribution in [2.24, 2.45) is 0 Å². The minimum absolute atomic E-state index is 0. The summed E-state index contributed by atoms with van der Waals surface area (Å²) in [5.41, 5.74) is 0. The zero-order chi connectivity index (χ0) is 4.50. The van der Waals surface area contributed by atoms with Crippen molar-refractivity contribution in [2.45, 2.75) is 0 Å². The van der Waals surface area contributed by atoms with Gasteiger partial charge in [-0.05, 0) is 0 Å². The molecule has 0 aromatic carbocycles. The average molecular weight is 371 g/mol. The van der Waals surface area contributed by atoms with E-state index in [9.17, 15) is 0 Å². The topological polar surface area (TPSA) is 0 Å². The van der Waals surface area contributed by atoms with Gasteiger partial charge in [-0.15, -0.1) is 0 Å². The molecule has 6 heavy (non-hydrogen) atoms. The monoisotopic (exact) mass is 371 g/mol. The van der Waals surface area contributed by atoms with Crippen molar-refractivity contribution in [2.75, 3.05) is 0 Å². The van der Waals surface area contributed by atoms with Crippen molar-refractivity contribution in [3.8, 4) is 0 Å². The van der Waals surface area contributed by atoms with Crippen LogP contribution in [0.5, 0.6) is 0 Å². The predicted molar refractivity (Wildman–Crippen MR) is 29.2 cm³/mol. The van der Waals surface area contributed by atoms with Crippen molar-refractivity contribution in [1.82, 2.24) is 0 Å². The number of rotatable bonds is 0. The van der Waals surface area contributed by atoms with E-state index in [0.29, 0.717) is 0 Å². The molecular formula is Cl4KOs. The van der Waals surface area contributed by atoms with Crippen LogP contribution in [-0.4, -0.2) is 51.4 Å². The molecule has 0 unspecified atom stereocenters. The van der Waals surface area contributed by atoms with Crippen LogP contribution in [0.4, 0.5) is 0 Å². The number of halogens is 4. The molecule has 0 fully saturated rings. The Hall–Kier alpha value is 3.43. The van der Waals surface area contributed by atoms with E-state index >= 15 is 0 Å². The van der Waals surface area contributed by atoms with Gasteiger partial charge in [0.15, 0.2) is 0 Å². The van der Waals surface area contributed by atoms with Crippen molar-refractivity contribution in [3.05, 3.63) is 0 Å². The summed E-state index contributed by atoms with van der Waals surface area (Å²) in [7, 11) is 20.1. The van der Waals surface area contributed by atoms with E-state index in [-0.39, 0.29) is 51.4 Å². The Morgan fingerprint density at radius 1 is 0.833 bits per heavy atom. The van der Waals surface area contributed by atoms with Gasteiger partial charge in [0, 0.05) is 51.4 Å². The van der Waals surface area contributed by atoms with Gasteiger partial charge in [0.05, 0.1) is 0 Å². The van der Waals surface area contributed by atoms with Gasteiger partial charge in [0.1, 0.15) is 0 Å². The fourth-order valence-electron chi connectivity index (χ4n) is 0. The molecule has 6 heteroatoms. The van der Waals surface area contributed by atoms with E-state index in [4.69, 9.17) is 38.6 Å². The third-order valence-corrected chi connectivity index (χ3v) is 0. The van der Waals surface area contributed by atoms with Crippen LogP contribution in [-0.2, 0) is 11.0 Å². The van der Waals surface area contributed by atoms with Gasteiger partial charge in [-0.2, -0.15) is 0 Å². The van der Waals surface area contributed by atoms with E-state index in [0.717, 1.165) is 0 Å². The third-order valence-electron chi connectivity index (χ3n) is 0. The van der Waals surface area contributed by atoms with Crippen LogP contribution < -0.4 is 0 Å². The predicted octanol–water partition coefficient (Wildman–Crippen LogP) is 2.37. The first-order valence-corrected chi connectivity index (χ1v) is 13.1. The molecule has 0 N–H and O–H groups in total. The zero-order valence-corrected chi connectivity index (χ0v) is 11.6. The van der Waals surface area contributed by atoms with Crippen LogP contribution >= 0.6 is 38.6 Å². The molecule has 0 rings (SSSR count). The third kappa shape index (κ3) is 26.1. The van der Waals surface area contributed by atoms with Crippen LogP contribution in [0.2, 0.25) is 0 Å². The maximum atomic E-state index is 5.02. The molecule has 0 bridgehead atoms. The molecule has 0 saturated carbocycles. The summed E-state index contributed by atoms with van der Waals surface area (Å²) < 4.78 is 0. The number of hydrogen-bond acceptors (Lipinski definition) is 0. The first kappa shape index (κ1) is 12.1. The fourth-order valence-corrected chi connectivity index (χ4v) is 0. The Morgan fingerprint density at radius 2 is 0.833 bits per heavy atom. The maximum Gasteiger partial charge on any atom is 0 e. The number of hydrogen-bond donors (Lipinski definition) is 0. The van der Waals surface area contributed by atoms with E-state index < -0.39 is 11.0 Å². The van der Waals surface area contributed by atoms with Gasteiger partial charge in [-0.25, -0.2) is 0 Å². The summed E-state index contributed by atoms with van der Waals surface area (Å²) in [4.78, 5) is 0. The molecular weight excluding hydrogens is 371 g/mol. The molecule has 0 aliphatic heterocycles. The quantitative estimate of drug-likeness (QED) is 0.574. The Morgan fingerprint density at radius 3 is 0.833 bits per heavy atom. The average Bonchev–Trinajstić information content (AvgIpc) is 0.722. The van der Waals surface area contributed by atoms with Gasteiger partial charge >= 0.3 is 49.6 Å². The summed E-state index contributed by atoms with van der Waals surface area (Å²) in [6.45, 7) is 0. The Labute approximate surface area is 98.2 Å². The molecule has 0 saturated heterocycles. The fraction of sp³-hybridized carbons (Fsp3) is 0. The second-order valence-electron chi connectivity index (χ2n) is 0.303. The van der Waals surface area contributed by atoms with E-state index in [1.807, 2.05) is 0 Å². The molecule has 37 valence electrons. The van der Waals surface area contributed by atoms with Crippen molar-refractivity contribution in [3.63, 3.8) is 0 Å². The summed E-state index contributed by atoms with van der Waals surface area (Å²) in [6.07, 6.45) is 0. The largest absolute Gasteiger partial charge is 0 e. The first-order valence-electron chi connectivity index (χ1n) is 0.535. The maximum absolute atomic E-state index is 5.02. The molecule has 0 nitrogen and oxygen atoms in total. The summed E-state index contributed by atoms with van der Waals surface area (Å²) >= 11 is -3.17. The van der Waals surface area contributed by atoms with Crippen LogP contribution in [0.25, 0.3) is 0 Å². The molecule has 0 aromatic rings. The minimum atomic E-state index is -3.17. The minimum Gasteiger partial charge on any atom is 0 e. The molecule has 0 aliphatic rings. The Kier molecular flexibility index (Phi) is 10.6. The van der Waals surface area contributed by atoms with Gasteiger partial charge in [0.2, 0.25) is 0 Å². The smallest absolute Gasteiger partial charge is 0 e. The Bertz CT molecular complexity index is 23.0. The van der Waals surface area contributed by atoms with Crippen LogP contribution in [0.15, 0.2) is 0 Å². The van der Waals surface area contributed by atoms with Crippen molar-refractivity contribution < 1.29 is 11.0 Å². The van der Waals surface area contributed by atoms with Crippen molar-refractivity contribution in [1.29, 1.82) is 0 Å². The standard InChI is InChI=1S/4ClH.K.Os/h4*1H;;/q;;;;;+4/p-4. The molecule has 1 radical (unpaired) electrons. The van der Waals surface area contributed by atoms with Gasteiger partial charge < -0.3 is 0 Å². The van der Waals surface area contributed by atoms with E-state index in [1.54, 1.807) is 0 Å². The van der Waals surface area contributed by atoms with Gasteiger partial charge in [-0.3, -0.25) is 0 Å². The first-order chi connectivity index (χ1) is 2.00.